The maximum Gasteiger partial charge on any atom is 0.407 e. The number of sulfonamides is 2. The Hall–Kier alpha value is -6.56. The molecule has 8 rings (SSSR count). The van der Waals surface area contributed by atoms with Crippen molar-refractivity contribution in [2.24, 2.45) is 0 Å². The SMILES string of the molecule is CC(C)OC(=O)N[C@@H]1CCC(c2ncc(-c3ccc(NC(=O)NCc4ccccc4)cc3S(=O)(=O)NC(C)(C)C)s2)OC1.CC(C)OC(=O)N[C@@H]1CC[C@@H](c2ncc(Br)s2)OC1.Cc1ccc(NC(=O)NCc2ccccc2)cc1S(=O)(=O)NC(C)(C)C. The van der Waals surface area contributed by atoms with E-state index in [0.29, 0.717) is 71.5 Å². The fourth-order valence-corrected chi connectivity index (χ4v) is 14.5. The Bertz CT molecular complexity index is 3490. The maximum atomic E-state index is 13.6. The van der Waals surface area contributed by atoms with Crippen molar-refractivity contribution >= 4 is 94.3 Å². The standard InChI is InChI=1S/C30H39N5O6S2.C19H25N3O3S.C12H17BrN2O3S/c1-19(2)41-29(37)34-22-12-14-24(40-18-22)27-31-17-25(42-27)23-13-11-21(15-26(23)43(38,39)35-30(3,4)5)33-28(36)32-16-20-9-7-6-8-10-20;1-14-10-11-16(12-17(14)26(24,25)22-19(2,3)4)21-18(23)20-13-15-8-6-5-7-9-15;1-7(2)18-12(16)15-8-3-4-9(17-6-8)11-14-5-10(13)19-11/h6-11,13,15,17,19,22,24,35H,12,14,16,18H2,1-5H3,(H,34,37)(H2,32,33,36);5-12,22H,13H2,1-4H3,(H2,20,21,23);5,7-9H,3-4,6H2,1-2H3,(H,15,16)/t22-,24?;;8-,9+/m1.1/s1. The summed E-state index contributed by atoms with van der Waals surface area (Å²) >= 11 is 6.33. The molecule has 88 heavy (non-hydrogen) atoms. The van der Waals surface area contributed by atoms with E-state index in [-0.39, 0.29) is 52.4 Å². The van der Waals surface area contributed by atoms with Gasteiger partial charge in [0.2, 0.25) is 20.0 Å². The van der Waals surface area contributed by atoms with E-state index in [9.17, 15) is 36.0 Å². The Labute approximate surface area is 533 Å². The van der Waals surface area contributed by atoms with E-state index in [0.717, 1.165) is 32.8 Å². The number of aryl methyl sites for hydroxylation is 1. The molecule has 22 nitrogen and oxygen atoms in total. The molecule has 0 spiro atoms. The van der Waals surface area contributed by atoms with Crippen molar-refractivity contribution in [3.63, 3.8) is 0 Å². The van der Waals surface area contributed by atoms with Gasteiger partial charge in [-0.2, -0.15) is 0 Å². The number of benzene rings is 4. The first-order chi connectivity index (χ1) is 41.4. The third kappa shape index (κ3) is 23.8. The first-order valence-electron chi connectivity index (χ1n) is 28.6. The first kappa shape index (κ1) is 70.5. The molecule has 478 valence electrons. The zero-order chi connectivity index (χ0) is 64.4. The maximum absolute atomic E-state index is 13.6. The summed E-state index contributed by atoms with van der Waals surface area (Å²) in [5, 5.41) is 18.3. The number of alkyl carbamates (subject to hydrolysis) is 2. The van der Waals surface area contributed by atoms with Gasteiger partial charge < -0.3 is 50.8 Å². The van der Waals surface area contributed by atoms with Crippen molar-refractivity contribution < 1.29 is 55.0 Å². The fraction of sp³-hybridized carbons (Fsp3) is 0.443. The first-order valence-corrected chi connectivity index (χ1v) is 34.0. The summed E-state index contributed by atoms with van der Waals surface area (Å²) in [4.78, 5) is 57.7. The molecule has 0 aliphatic carbocycles. The zero-order valence-corrected chi connectivity index (χ0v) is 56.2. The molecule has 2 aliphatic rings. The van der Waals surface area contributed by atoms with Gasteiger partial charge in [-0.05, 0) is 159 Å². The van der Waals surface area contributed by atoms with Crippen LogP contribution in [0.1, 0.15) is 134 Å². The summed E-state index contributed by atoms with van der Waals surface area (Å²) in [6, 6.07) is 27.6. The highest BCUT2D eigenvalue weighted by Gasteiger charge is 2.31. The van der Waals surface area contributed by atoms with Gasteiger partial charge in [-0.25, -0.2) is 55.4 Å². The number of aromatic nitrogens is 2. The Morgan fingerprint density at radius 1 is 0.602 bits per heavy atom. The highest BCUT2D eigenvalue weighted by molar-refractivity contribution is 9.11. The van der Waals surface area contributed by atoms with Gasteiger partial charge in [0.1, 0.15) is 22.2 Å². The van der Waals surface area contributed by atoms with Crippen molar-refractivity contribution in [1.29, 1.82) is 0 Å². The lowest BCUT2D eigenvalue weighted by Crippen LogP contribution is -2.42. The lowest BCUT2D eigenvalue weighted by Gasteiger charge is -2.28. The second kappa shape index (κ2) is 32.3. The number of rotatable bonds is 17. The smallest absolute Gasteiger partial charge is 0.407 e. The van der Waals surface area contributed by atoms with Crippen molar-refractivity contribution in [3.8, 4) is 10.4 Å². The molecule has 2 aliphatic heterocycles. The second-order valence-electron chi connectivity index (χ2n) is 23.4. The van der Waals surface area contributed by atoms with Crippen LogP contribution < -0.4 is 41.3 Å². The largest absolute Gasteiger partial charge is 0.447 e. The minimum absolute atomic E-state index is 0.0194. The van der Waals surface area contributed by atoms with Gasteiger partial charge in [0, 0.05) is 47.3 Å². The van der Waals surface area contributed by atoms with Crippen molar-refractivity contribution in [3.05, 3.63) is 140 Å². The van der Waals surface area contributed by atoms with Gasteiger partial charge in [-0.15, -0.1) is 22.7 Å². The third-order valence-electron chi connectivity index (χ3n) is 12.5. The van der Waals surface area contributed by atoms with Crippen LogP contribution in [0.2, 0.25) is 0 Å². The molecule has 2 fully saturated rings. The Morgan fingerprint density at radius 3 is 1.45 bits per heavy atom. The second-order valence-corrected chi connectivity index (χ2v) is 30.2. The van der Waals surface area contributed by atoms with E-state index in [1.807, 2.05) is 74.5 Å². The Kier molecular flexibility index (Phi) is 25.9. The number of halogens is 1. The number of amides is 6. The minimum atomic E-state index is -3.98. The van der Waals surface area contributed by atoms with Gasteiger partial charge in [-0.1, -0.05) is 72.8 Å². The summed E-state index contributed by atoms with van der Waals surface area (Å²) in [7, 11) is -7.66. The number of nitrogens with zero attached hydrogens (tertiary/aromatic N) is 2. The number of urea groups is 2. The molecule has 6 amide bonds. The van der Waals surface area contributed by atoms with E-state index in [4.69, 9.17) is 18.9 Å². The molecule has 4 atom stereocenters. The number of hydrogen-bond donors (Lipinski definition) is 8. The number of ether oxygens (including phenoxy) is 4. The van der Waals surface area contributed by atoms with Gasteiger partial charge >= 0.3 is 24.2 Å². The predicted octanol–water partition coefficient (Wildman–Crippen LogP) is 12.2. The van der Waals surface area contributed by atoms with E-state index < -0.39 is 49.3 Å². The normalized spacial score (nSPS) is 17.0. The number of anilines is 2. The Morgan fingerprint density at radius 2 is 1.03 bits per heavy atom. The molecule has 6 aromatic rings. The van der Waals surface area contributed by atoms with E-state index in [1.54, 1.807) is 110 Å². The molecule has 2 aromatic heterocycles. The monoisotopic (exact) mass is 1350 g/mol. The molecule has 0 radical (unpaired) electrons. The fourth-order valence-electron chi connectivity index (χ4n) is 8.74. The van der Waals surface area contributed by atoms with Crippen LogP contribution in [0.5, 0.6) is 0 Å². The molecule has 4 aromatic carbocycles. The molecular weight excluding hydrogens is 1270 g/mol. The molecule has 0 bridgehead atoms. The highest BCUT2D eigenvalue weighted by Crippen LogP contribution is 2.39. The van der Waals surface area contributed by atoms with Crippen LogP contribution in [0.3, 0.4) is 0 Å². The van der Waals surface area contributed by atoms with Crippen LogP contribution in [0.4, 0.5) is 30.6 Å². The van der Waals surface area contributed by atoms with E-state index in [2.05, 4.69) is 67.2 Å². The van der Waals surface area contributed by atoms with Crippen molar-refractivity contribution in [2.75, 3.05) is 23.8 Å². The number of hydrogen-bond acceptors (Lipinski definition) is 16. The van der Waals surface area contributed by atoms with Gasteiger partial charge in [0.05, 0.1) is 62.2 Å². The number of thiazole rings is 2. The average molecular weight is 1350 g/mol. The summed E-state index contributed by atoms with van der Waals surface area (Å²) in [5.41, 5.74) is 2.40. The lowest BCUT2D eigenvalue weighted by molar-refractivity contribution is -0.00533. The molecular formula is C61H81BrN10O12S4. The number of nitrogens with one attached hydrogen (secondary N) is 8. The van der Waals surface area contributed by atoms with E-state index >= 15 is 0 Å². The topological polar surface area (TPSA) is 295 Å². The molecule has 27 heteroatoms. The summed E-state index contributed by atoms with van der Waals surface area (Å²) < 4.78 is 80.6. The quantitative estimate of drug-likeness (QED) is 0.0421. The van der Waals surface area contributed by atoms with Crippen molar-refractivity contribution in [2.45, 2.75) is 172 Å². The molecule has 0 saturated carbocycles. The number of carbonyl (C=O) groups excluding carboxylic acids is 4. The highest BCUT2D eigenvalue weighted by atomic mass is 79.9. The van der Waals surface area contributed by atoms with Crippen LogP contribution in [-0.4, -0.2) is 99.6 Å². The minimum Gasteiger partial charge on any atom is -0.447 e. The van der Waals surface area contributed by atoms with Gasteiger partial charge in [0.15, 0.2) is 0 Å². The third-order valence-corrected chi connectivity index (χ3v) is 18.8. The lowest BCUT2D eigenvalue weighted by atomic mass is 10.1. The predicted molar refractivity (Wildman–Crippen MR) is 346 cm³/mol. The molecule has 8 N–H and O–H groups in total. The van der Waals surface area contributed by atoms with Gasteiger partial charge in [-0.3, -0.25) is 0 Å². The zero-order valence-electron chi connectivity index (χ0n) is 51.3. The number of carbonyl (C=O) groups is 4. The molecule has 4 heterocycles. The van der Waals surface area contributed by atoms with Crippen LogP contribution >= 0.6 is 38.6 Å². The van der Waals surface area contributed by atoms with Crippen LogP contribution in [0.15, 0.2) is 123 Å². The van der Waals surface area contributed by atoms with Crippen LogP contribution in [0.25, 0.3) is 10.4 Å². The molecule has 2 saturated heterocycles. The van der Waals surface area contributed by atoms with Gasteiger partial charge in [0.25, 0.3) is 0 Å². The molecule has 1 unspecified atom stereocenters. The van der Waals surface area contributed by atoms with Crippen LogP contribution in [0, 0.1) is 6.92 Å². The summed E-state index contributed by atoms with van der Waals surface area (Å²) in [6.07, 6.45) is 5.07. The van der Waals surface area contributed by atoms with E-state index in [1.165, 1.54) is 23.5 Å². The van der Waals surface area contributed by atoms with Crippen LogP contribution in [-0.2, 0) is 52.1 Å². The van der Waals surface area contributed by atoms with Crippen molar-refractivity contribution in [1.82, 2.24) is 40.7 Å². The Balaban J connectivity index is 0.000000232. The average Bonchev–Trinajstić information content (AvgIpc) is 1.39. The summed E-state index contributed by atoms with van der Waals surface area (Å²) in [5.74, 6) is 0. The summed E-state index contributed by atoms with van der Waals surface area (Å²) in [6.45, 7) is 21.1.